The highest BCUT2D eigenvalue weighted by molar-refractivity contribution is 6.31. The molecule has 0 aromatic heterocycles. The Morgan fingerprint density at radius 3 is 2.56 bits per heavy atom. The highest BCUT2D eigenvalue weighted by atomic mass is 35.5. The third kappa shape index (κ3) is 1.56. The van der Waals surface area contributed by atoms with E-state index in [1.165, 1.54) is 19.3 Å². The Balaban J connectivity index is 1.84. The molecule has 3 N–H and O–H groups in total. The van der Waals surface area contributed by atoms with Gasteiger partial charge in [-0.1, -0.05) is 36.2 Å². The number of rotatable bonds is 3. The molecule has 16 heavy (non-hydrogen) atoms. The maximum atomic E-state index is 6.23. The summed E-state index contributed by atoms with van der Waals surface area (Å²) in [4.78, 5) is 0. The SMILES string of the molecule is NNC(c1ccccc1Cl)C1C2CCCC21. The minimum Gasteiger partial charge on any atom is -0.271 e. The van der Waals surface area contributed by atoms with Gasteiger partial charge in [-0.15, -0.1) is 0 Å². The van der Waals surface area contributed by atoms with E-state index in [0.717, 1.165) is 22.4 Å². The van der Waals surface area contributed by atoms with Gasteiger partial charge in [0.05, 0.1) is 6.04 Å². The van der Waals surface area contributed by atoms with Crippen LogP contribution in [0.2, 0.25) is 5.02 Å². The zero-order valence-corrected chi connectivity index (χ0v) is 9.95. The molecule has 0 radical (unpaired) electrons. The smallest absolute Gasteiger partial charge is 0.0508 e. The standard InChI is InChI=1S/C13H17ClN2/c14-11-7-2-1-4-10(11)13(16-15)12-8-5-3-6-9(8)12/h1-2,4,7-9,12-13,16H,3,5-6,15H2. The molecular formula is C13H17ClN2. The Bertz CT molecular complexity index is 383. The van der Waals surface area contributed by atoms with Crippen molar-refractivity contribution in [1.82, 2.24) is 5.43 Å². The molecule has 2 aliphatic carbocycles. The van der Waals surface area contributed by atoms with Crippen molar-refractivity contribution in [3.63, 3.8) is 0 Å². The zero-order chi connectivity index (χ0) is 11.1. The fraction of sp³-hybridized carbons (Fsp3) is 0.538. The topological polar surface area (TPSA) is 38.0 Å². The molecule has 86 valence electrons. The van der Waals surface area contributed by atoms with Gasteiger partial charge in [-0.25, -0.2) is 0 Å². The summed E-state index contributed by atoms with van der Waals surface area (Å²) in [7, 11) is 0. The lowest BCUT2D eigenvalue weighted by Gasteiger charge is -2.19. The number of hydrogen-bond donors (Lipinski definition) is 2. The highest BCUT2D eigenvalue weighted by Gasteiger charge is 2.56. The van der Waals surface area contributed by atoms with Crippen molar-refractivity contribution in [1.29, 1.82) is 0 Å². The van der Waals surface area contributed by atoms with Gasteiger partial charge in [-0.3, -0.25) is 11.3 Å². The lowest BCUT2D eigenvalue weighted by molar-refractivity contribution is 0.425. The summed E-state index contributed by atoms with van der Waals surface area (Å²) in [5.41, 5.74) is 4.12. The maximum Gasteiger partial charge on any atom is 0.0508 e. The third-order valence-electron chi connectivity index (χ3n) is 4.28. The number of fused-ring (bicyclic) bond motifs is 1. The fourth-order valence-corrected chi connectivity index (χ4v) is 3.76. The summed E-state index contributed by atoms with van der Waals surface area (Å²) >= 11 is 6.23. The van der Waals surface area contributed by atoms with Crippen molar-refractivity contribution in [2.45, 2.75) is 25.3 Å². The van der Waals surface area contributed by atoms with E-state index < -0.39 is 0 Å². The number of halogens is 1. The van der Waals surface area contributed by atoms with Crippen LogP contribution in [0.5, 0.6) is 0 Å². The molecule has 3 heteroatoms. The number of benzene rings is 1. The molecule has 0 spiro atoms. The largest absolute Gasteiger partial charge is 0.271 e. The molecule has 2 aliphatic rings. The van der Waals surface area contributed by atoms with Gasteiger partial charge in [0.25, 0.3) is 0 Å². The van der Waals surface area contributed by atoms with Gasteiger partial charge in [0.1, 0.15) is 0 Å². The molecule has 0 amide bonds. The molecule has 0 bridgehead atoms. The van der Waals surface area contributed by atoms with Gasteiger partial charge in [0.15, 0.2) is 0 Å². The van der Waals surface area contributed by atoms with Crippen molar-refractivity contribution in [3.8, 4) is 0 Å². The second kappa shape index (κ2) is 4.02. The van der Waals surface area contributed by atoms with E-state index in [-0.39, 0.29) is 6.04 Å². The Morgan fingerprint density at radius 1 is 1.25 bits per heavy atom. The molecule has 2 saturated carbocycles. The molecule has 2 fully saturated rings. The molecule has 0 aliphatic heterocycles. The normalized spacial score (nSPS) is 33.5. The average Bonchev–Trinajstić information content (AvgIpc) is 2.76. The summed E-state index contributed by atoms with van der Waals surface area (Å²) in [6.07, 6.45) is 4.14. The van der Waals surface area contributed by atoms with Crippen LogP contribution in [-0.4, -0.2) is 0 Å². The minimum absolute atomic E-state index is 0.240. The molecule has 3 rings (SSSR count). The van der Waals surface area contributed by atoms with Crippen LogP contribution in [0.25, 0.3) is 0 Å². The Kier molecular flexibility index (Phi) is 2.66. The second-order valence-corrected chi connectivity index (χ2v) is 5.41. The molecule has 3 atom stereocenters. The van der Waals surface area contributed by atoms with E-state index in [2.05, 4.69) is 11.5 Å². The van der Waals surface area contributed by atoms with Crippen LogP contribution >= 0.6 is 11.6 Å². The summed E-state index contributed by atoms with van der Waals surface area (Å²) < 4.78 is 0. The van der Waals surface area contributed by atoms with Crippen LogP contribution in [0.4, 0.5) is 0 Å². The summed E-state index contributed by atoms with van der Waals surface area (Å²) in [6.45, 7) is 0. The molecule has 0 saturated heterocycles. The van der Waals surface area contributed by atoms with Crippen LogP contribution in [0.15, 0.2) is 24.3 Å². The summed E-state index contributed by atoms with van der Waals surface area (Å²) in [5.74, 6) is 8.19. The minimum atomic E-state index is 0.240. The number of hydrogen-bond acceptors (Lipinski definition) is 2. The molecule has 2 nitrogen and oxygen atoms in total. The van der Waals surface area contributed by atoms with Crippen LogP contribution in [0.1, 0.15) is 30.9 Å². The van der Waals surface area contributed by atoms with E-state index in [1.807, 2.05) is 18.2 Å². The van der Waals surface area contributed by atoms with Crippen molar-refractivity contribution >= 4 is 11.6 Å². The molecule has 1 aromatic rings. The van der Waals surface area contributed by atoms with Crippen molar-refractivity contribution < 1.29 is 0 Å². The van der Waals surface area contributed by atoms with Gasteiger partial charge >= 0.3 is 0 Å². The van der Waals surface area contributed by atoms with Crippen molar-refractivity contribution in [3.05, 3.63) is 34.9 Å². The van der Waals surface area contributed by atoms with Gasteiger partial charge < -0.3 is 0 Å². The molecule has 0 heterocycles. The van der Waals surface area contributed by atoms with E-state index in [1.54, 1.807) is 0 Å². The number of hydrazine groups is 1. The van der Waals surface area contributed by atoms with Crippen LogP contribution in [-0.2, 0) is 0 Å². The number of nitrogens with two attached hydrogens (primary N) is 1. The first kappa shape index (κ1) is 10.6. The zero-order valence-electron chi connectivity index (χ0n) is 9.20. The van der Waals surface area contributed by atoms with Crippen LogP contribution in [0.3, 0.4) is 0 Å². The van der Waals surface area contributed by atoms with Gasteiger partial charge in [-0.05, 0) is 42.2 Å². The first-order valence-corrected chi connectivity index (χ1v) is 6.41. The van der Waals surface area contributed by atoms with Crippen molar-refractivity contribution in [2.24, 2.45) is 23.6 Å². The Labute approximate surface area is 101 Å². The van der Waals surface area contributed by atoms with Crippen molar-refractivity contribution in [2.75, 3.05) is 0 Å². The maximum absolute atomic E-state index is 6.23. The van der Waals surface area contributed by atoms with Gasteiger partial charge in [-0.2, -0.15) is 0 Å². The summed E-state index contributed by atoms with van der Waals surface area (Å²) in [6, 6.07) is 8.26. The first-order chi connectivity index (χ1) is 7.83. The third-order valence-corrected chi connectivity index (χ3v) is 4.62. The molecule has 1 aromatic carbocycles. The summed E-state index contributed by atoms with van der Waals surface area (Å²) in [5, 5.41) is 0.829. The number of nitrogens with one attached hydrogen (secondary N) is 1. The second-order valence-electron chi connectivity index (χ2n) is 5.00. The molecular weight excluding hydrogens is 220 g/mol. The van der Waals surface area contributed by atoms with E-state index in [4.69, 9.17) is 17.4 Å². The monoisotopic (exact) mass is 236 g/mol. The van der Waals surface area contributed by atoms with E-state index in [9.17, 15) is 0 Å². The molecule has 3 unspecified atom stereocenters. The lowest BCUT2D eigenvalue weighted by atomic mass is 9.97. The van der Waals surface area contributed by atoms with Gasteiger partial charge in [0, 0.05) is 5.02 Å². The average molecular weight is 237 g/mol. The predicted molar refractivity (Wildman–Crippen MR) is 65.8 cm³/mol. The van der Waals surface area contributed by atoms with Crippen LogP contribution < -0.4 is 11.3 Å². The fourth-order valence-electron chi connectivity index (χ4n) is 3.51. The quantitative estimate of drug-likeness (QED) is 0.626. The van der Waals surface area contributed by atoms with E-state index >= 15 is 0 Å². The van der Waals surface area contributed by atoms with Gasteiger partial charge in [0.2, 0.25) is 0 Å². The van der Waals surface area contributed by atoms with Crippen LogP contribution in [0, 0.1) is 17.8 Å². The highest BCUT2D eigenvalue weighted by Crippen LogP contribution is 2.62. The predicted octanol–water partition coefficient (Wildman–Crippen LogP) is 2.89. The Hall–Kier alpha value is -0.570. The Morgan fingerprint density at radius 2 is 1.94 bits per heavy atom. The van der Waals surface area contributed by atoms with E-state index in [0.29, 0.717) is 5.92 Å². The first-order valence-electron chi connectivity index (χ1n) is 6.03. The lowest BCUT2D eigenvalue weighted by Crippen LogP contribution is -2.30.